The molecule has 0 spiro atoms. The number of nitrogens with two attached hydrogens (primary N) is 2. The van der Waals surface area contributed by atoms with E-state index >= 15 is 0 Å². The van der Waals surface area contributed by atoms with Crippen molar-refractivity contribution < 1.29 is 14.7 Å². The van der Waals surface area contributed by atoms with E-state index in [0.717, 1.165) is 0 Å². The van der Waals surface area contributed by atoms with Crippen LogP contribution in [0.3, 0.4) is 0 Å². The van der Waals surface area contributed by atoms with Gasteiger partial charge >= 0.3 is 5.97 Å². The highest BCUT2D eigenvalue weighted by Gasteiger charge is 2.30. The van der Waals surface area contributed by atoms with Crippen molar-refractivity contribution >= 4 is 11.9 Å². The van der Waals surface area contributed by atoms with Gasteiger partial charge in [0, 0.05) is 0 Å². The molecule has 15 heavy (non-hydrogen) atoms. The lowest BCUT2D eigenvalue weighted by molar-refractivity contribution is -0.141. The quantitative estimate of drug-likeness (QED) is 0.629. The van der Waals surface area contributed by atoms with E-state index in [0.29, 0.717) is 5.56 Å². The molecule has 1 amide bonds. The summed E-state index contributed by atoms with van der Waals surface area (Å²) in [7, 11) is 0. The monoisotopic (exact) mass is 208 g/mol. The van der Waals surface area contributed by atoms with E-state index in [2.05, 4.69) is 0 Å². The Morgan fingerprint density at radius 3 is 2.13 bits per heavy atom. The Morgan fingerprint density at radius 2 is 1.73 bits per heavy atom. The molecule has 5 heteroatoms. The summed E-state index contributed by atoms with van der Waals surface area (Å²) in [6.45, 7) is 0. The molecule has 0 saturated heterocycles. The molecule has 0 radical (unpaired) electrons. The molecule has 0 fully saturated rings. The van der Waals surface area contributed by atoms with Gasteiger partial charge in [-0.2, -0.15) is 0 Å². The van der Waals surface area contributed by atoms with Crippen LogP contribution in [0.15, 0.2) is 30.3 Å². The molecule has 1 aromatic rings. The van der Waals surface area contributed by atoms with Gasteiger partial charge in [0.1, 0.15) is 6.04 Å². The molecule has 5 N–H and O–H groups in total. The first-order chi connectivity index (χ1) is 7.04. The van der Waals surface area contributed by atoms with Gasteiger partial charge in [0.05, 0.1) is 5.92 Å². The number of aliphatic carboxylic acids is 1. The molecule has 0 aliphatic carbocycles. The fourth-order valence-corrected chi connectivity index (χ4v) is 1.35. The number of primary amides is 1. The molecule has 5 nitrogen and oxygen atoms in total. The lowest BCUT2D eigenvalue weighted by atomic mass is 9.91. The van der Waals surface area contributed by atoms with Crippen LogP contribution < -0.4 is 11.5 Å². The van der Waals surface area contributed by atoms with Crippen molar-refractivity contribution in [2.75, 3.05) is 0 Å². The Kier molecular flexibility index (Phi) is 3.41. The lowest BCUT2D eigenvalue weighted by Crippen LogP contribution is -2.42. The fourth-order valence-electron chi connectivity index (χ4n) is 1.35. The molecule has 0 aliphatic heterocycles. The van der Waals surface area contributed by atoms with E-state index in [1.165, 1.54) is 0 Å². The topological polar surface area (TPSA) is 106 Å². The normalized spacial score (nSPS) is 14.2. The predicted molar refractivity (Wildman–Crippen MR) is 54.0 cm³/mol. The molecule has 0 aromatic heterocycles. The van der Waals surface area contributed by atoms with Gasteiger partial charge in [-0.15, -0.1) is 0 Å². The zero-order valence-corrected chi connectivity index (χ0v) is 7.96. The number of carboxylic acid groups (broad SMARTS) is 1. The third kappa shape index (κ3) is 2.54. The molecule has 0 saturated carbocycles. The largest absolute Gasteiger partial charge is 0.480 e. The number of carbonyl (C=O) groups excluding carboxylic acids is 1. The Balaban J connectivity index is 3.04. The van der Waals surface area contributed by atoms with Crippen LogP contribution in [0.5, 0.6) is 0 Å². The van der Waals surface area contributed by atoms with Gasteiger partial charge in [-0.1, -0.05) is 30.3 Å². The third-order valence-corrected chi connectivity index (χ3v) is 2.11. The minimum Gasteiger partial charge on any atom is -0.480 e. The van der Waals surface area contributed by atoms with Crippen molar-refractivity contribution in [1.29, 1.82) is 0 Å². The van der Waals surface area contributed by atoms with E-state index < -0.39 is 23.8 Å². The number of benzene rings is 1. The first-order valence-electron chi connectivity index (χ1n) is 4.36. The average Bonchev–Trinajstić information content (AvgIpc) is 2.18. The smallest absolute Gasteiger partial charge is 0.321 e. The summed E-state index contributed by atoms with van der Waals surface area (Å²) in [5.41, 5.74) is 11.0. The Hall–Kier alpha value is -1.88. The maximum Gasteiger partial charge on any atom is 0.321 e. The molecule has 0 aliphatic rings. The number of carbonyl (C=O) groups is 2. The maximum atomic E-state index is 11.1. The number of hydrogen-bond donors (Lipinski definition) is 3. The second kappa shape index (κ2) is 4.56. The van der Waals surface area contributed by atoms with Gasteiger partial charge in [0.15, 0.2) is 0 Å². The first-order valence-corrected chi connectivity index (χ1v) is 4.36. The Labute approximate surface area is 86.7 Å². The van der Waals surface area contributed by atoms with Crippen molar-refractivity contribution in [2.45, 2.75) is 12.0 Å². The summed E-state index contributed by atoms with van der Waals surface area (Å²) < 4.78 is 0. The molecular formula is C10H12N2O3. The summed E-state index contributed by atoms with van der Waals surface area (Å²) in [6.07, 6.45) is 0. The van der Waals surface area contributed by atoms with E-state index in [1.807, 2.05) is 0 Å². The fraction of sp³-hybridized carbons (Fsp3) is 0.200. The van der Waals surface area contributed by atoms with Crippen LogP contribution in [-0.2, 0) is 9.59 Å². The molecule has 0 heterocycles. The number of amides is 1. The summed E-state index contributed by atoms with van der Waals surface area (Å²) >= 11 is 0. The van der Waals surface area contributed by atoms with Crippen molar-refractivity contribution in [3.05, 3.63) is 35.9 Å². The van der Waals surface area contributed by atoms with Crippen LogP contribution in [0, 0.1) is 0 Å². The second-order valence-electron chi connectivity index (χ2n) is 3.15. The summed E-state index contributed by atoms with van der Waals surface area (Å²) in [6, 6.07) is 7.08. The Bertz CT molecular complexity index is 364. The van der Waals surface area contributed by atoms with Crippen LogP contribution >= 0.6 is 0 Å². The van der Waals surface area contributed by atoms with E-state index in [4.69, 9.17) is 16.6 Å². The van der Waals surface area contributed by atoms with Gasteiger partial charge in [-0.25, -0.2) is 0 Å². The summed E-state index contributed by atoms with van der Waals surface area (Å²) in [5.74, 6) is -2.98. The number of rotatable bonds is 4. The molecular weight excluding hydrogens is 196 g/mol. The van der Waals surface area contributed by atoms with Crippen LogP contribution in [-0.4, -0.2) is 23.0 Å². The minimum atomic E-state index is -1.31. The number of carboxylic acids is 1. The van der Waals surface area contributed by atoms with E-state index in [-0.39, 0.29) is 0 Å². The highest BCUT2D eigenvalue weighted by atomic mass is 16.4. The summed E-state index contributed by atoms with van der Waals surface area (Å²) in [4.78, 5) is 21.8. The van der Waals surface area contributed by atoms with Gasteiger partial charge in [-0.3, -0.25) is 9.59 Å². The van der Waals surface area contributed by atoms with Crippen LogP contribution in [0.4, 0.5) is 0 Å². The van der Waals surface area contributed by atoms with Crippen LogP contribution in [0.1, 0.15) is 11.5 Å². The molecule has 2 unspecified atom stereocenters. The second-order valence-corrected chi connectivity index (χ2v) is 3.15. The highest BCUT2D eigenvalue weighted by Crippen LogP contribution is 2.18. The highest BCUT2D eigenvalue weighted by molar-refractivity contribution is 5.89. The zero-order chi connectivity index (χ0) is 11.4. The van der Waals surface area contributed by atoms with Gasteiger partial charge < -0.3 is 16.6 Å². The van der Waals surface area contributed by atoms with Gasteiger partial charge in [-0.05, 0) is 5.56 Å². The molecule has 2 atom stereocenters. The molecule has 0 bridgehead atoms. The summed E-state index contributed by atoms with van der Waals surface area (Å²) in [5, 5.41) is 8.73. The third-order valence-electron chi connectivity index (χ3n) is 2.11. The Morgan fingerprint density at radius 1 is 1.20 bits per heavy atom. The van der Waals surface area contributed by atoms with Gasteiger partial charge in [0.2, 0.25) is 5.91 Å². The molecule has 1 rings (SSSR count). The lowest BCUT2D eigenvalue weighted by Gasteiger charge is -2.17. The van der Waals surface area contributed by atoms with Crippen molar-refractivity contribution in [3.63, 3.8) is 0 Å². The van der Waals surface area contributed by atoms with Crippen LogP contribution in [0.25, 0.3) is 0 Å². The van der Waals surface area contributed by atoms with Gasteiger partial charge in [0.25, 0.3) is 0 Å². The minimum absolute atomic E-state index is 0.514. The maximum absolute atomic E-state index is 11.1. The average molecular weight is 208 g/mol. The van der Waals surface area contributed by atoms with Crippen LogP contribution in [0.2, 0.25) is 0 Å². The predicted octanol–water partition coefficient (Wildman–Crippen LogP) is -0.333. The van der Waals surface area contributed by atoms with E-state index in [9.17, 15) is 9.59 Å². The standard InChI is InChI=1S/C10H12N2O3/c11-8(10(14)15)7(9(12)13)6-4-2-1-3-5-6/h1-5,7-8H,11H2,(H2,12,13)(H,14,15). The zero-order valence-electron chi connectivity index (χ0n) is 7.96. The van der Waals surface area contributed by atoms with Crippen molar-refractivity contribution in [3.8, 4) is 0 Å². The van der Waals surface area contributed by atoms with Crippen molar-refractivity contribution in [2.24, 2.45) is 11.5 Å². The first kappa shape index (κ1) is 11.2. The SMILES string of the molecule is NC(=O)C(c1ccccc1)C(N)C(=O)O. The van der Waals surface area contributed by atoms with E-state index in [1.54, 1.807) is 30.3 Å². The number of hydrogen-bond acceptors (Lipinski definition) is 3. The molecule has 80 valence electrons. The molecule has 1 aromatic carbocycles. The van der Waals surface area contributed by atoms with Crippen molar-refractivity contribution in [1.82, 2.24) is 0 Å².